The first-order chi connectivity index (χ1) is 14.2. The zero-order chi connectivity index (χ0) is 20.2. The highest BCUT2D eigenvalue weighted by atomic mass is 16.5. The highest BCUT2D eigenvalue weighted by Gasteiger charge is 2.24. The van der Waals surface area contributed by atoms with Gasteiger partial charge in [-0.15, -0.1) is 0 Å². The first-order valence-electron chi connectivity index (χ1n) is 9.82. The maximum Gasteiger partial charge on any atom is 0.257 e. The molecular formula is C22H24N4O3. The molecule has 1 aliphatic rings. The summed E-state index contributed by atoms with van der Waals surface area (Å²) in [5, 5.41) is 3.95. The van der Waals surface area contributed by atoms with E-state index in [0.717, 1.165) is 24.3 Å². The molecule has 0 bridgehead atoms. The Hall–Kier alpha value is -3.35. The number of aryl methyl sites for hydroxylation is 1. The van der Waals surface area contributed by atoms with Crippen molar-refractivity contribution < 1.29 is 14.1 Å². The number of hydrogen-bond acceptors (Lipinski definition) is 6. The maximum atomic E-state index is 12.9. The number of aromatic nitrogens is 2. The Morgan fingerprint density at radius 2 is 1.79 bits per heavy atom. The minimum Gasteiger partial charge on any atom is -0.493 e. The SMILES string of the molecule is CCOc1ccccc1C(=O)N1CCN(c2ccc(-c3noc(C)n3)cc2)CC1. The number of amides is 1. The lowest BCUT2D eigenvalue weighted by molar-refractivity contribution is 0.0742. The van der Waals surface area contributed by atoms with Gasteiger partial charge in [0.2, 0.25) is 11.7 Å². The van der Waals surface area contributed by atoms with Gasteiger partial charge in [-0.25, -0.2) is 0 Å². The van der Waals surface area contributed by atoms with E-state index in [1.54, 1.807) is 6.92 Å². The van der Waals surface area contributed by atoms with Crippen molar-refractivity contribution in [1.82, 2.24) is 15.0 Å². The molecule has 0 N–H and O–H groups in total. The second-order valence-electron chi connectivity index (χ2n) is 6.89. The van der Waals surface area contributed by atoms with Gasteiger partial charge in [-0.05, 0) is 43.3 Å². The van der Waals surface area contributed by atoms with Crippen LogP contribution in [0.2, 0.25) is 0 Å². The van der Waals surface area contributed by atoms with Crippen molar-refractivity contribution >= 4 is 11.6 Å². The van der Waals surface area contributed by atoms with Gasteiger partial charge in [0.15, 0.2) is 0 Å². The van der Waals surface area contributed by atoms with Gasteiger partial charge < -0.3 is 19.1 Å². The summed E-state index contributed by atoms with van der Waals surface area (Å²) in [6, 6.07) is 15.5. The monoisotopic (exact) mass is 392 g/mol. The molecule has 7 heteroatoms. The predicted molar refractivity (Wildman–Crippen MR) is 110 cm³/mol. The molecule has 1 fully saturated rings. The zero-order valence-electron chi connectivity index (χ0n) is 16.7. The molecule has 0 aliphatic carbocycles. The Balaban J connectivity index is 1.40. The first kappa shape index (κ1) is 19.0. The Kier molecular flexibility index (Phi) is 5.46. The van der Waals surface area contributed by atoms with Crippen molar-refractivity contribution in [3.63, 3.8) is 0 Å². The average molecular weight is 392 g/mol. The molecule has 0 saturated carbocycles. The van der Waals surface area contributed by atoms with Gasteiger partial charge in [0, 0.05) is 44.4 Å². The van der Waals surface area contributed by atoms with E-state index in [9.17, 15) is 4.79 Å². The van der Waals surface area contributed by atoms with Crippen LogP contribution in [0.25, 0.3) is 11.4 Å². The molecule has 150 valence electrons. The lowest BCUT2D eigenvalue weighted by Crippen LogP contribution is -2.48. The van der Waals surface area contributed by atoms with E-state index in [1.807, 2.05) is 48.2 Å². The molecule has 0 spiro atoms. The minimum atomic E-state index is 0.0246. The number of carbonyl (C=O) groups excluding carboxylic acids is 1. The van der Waals surface area contributed by atoms with Gasteiger partial charge in [-0.2, -0.15) is 4.98 Å². The predicted octanol–water partition coefficient (Wildman–Crippen LogP) is 3.41. The number of nitrogens with zero attached hydrogens (tertiary/aromatic N) is 4. The van der Waals surface area contributed by atoms with E-state index in [4.69, 9.17) is 9.26 Å². The Bertz CT molecular complexity index is 976. The molecule has 1 aliphatic heterocycles. The van der Waals surface area contributed by atoms with Crippen LogP contribution >= 0.6 is 0 Å². The van der Waals surface area contributed by atoms with Crippen LogP contribution in [0.15, 0.2) is 53.1 Å². The molecule has 1 aromatic heterocycles. The quantitative estimate of drug-likeness (QED) is 0.663. The average Bonchev–Trinajstić information content (AvgIpc) is 3.20. The summed E-state index contributed by atoms with van der Waals surface area (Å²) in [4.78, 5) is 21.4. The standard InChI is InChI=1S/C22H24N4O3/c1-3-28-20-7-5-4-6-19(20)22(27)26-14-12-25(13-15-26)18-10-8-17(9-11-18)21-23-16(2)29-24-21/h4-11H,3,12-15H2,1-2H3. The van der Waals surface area contributed by atoms with Crippen LogP contribution in [0.1, 0.15) is 23.2 Å². The number of carbonyl (C=O) groups is 1. The van der Waals surface area contributed by atoms with Crippen LogP contribution in [0.5, 0.6) is 5.75 Å². The minimum absolute atomic E-state index is 0.0246. The molecule has 2 aromatic carbocycles. The second-order valence-corrected chi connectivity index (χ2v) is 6.89. The highest BCUT2D eigenvalue weighted by molar-refractivity contribution is 5.97. The molecule has 1 saturated heterocycles. The van der Waals surface area contributed by atoms with Crippen LogP contribution in [-0.2, 0) is 0 Å². The van der Waals surface area contributed by atoms with E-state index in [-0.39, 0.29) is 5.91 Å². The second kappa shape index (κ2) is 8.34. The Morgan fingerprint density at radius 3 is 2.45 bits per heavy atom. The van der Waals surface area contributed by atoms with Crippen LogP contribution in [0, 0.1) is 6.92 Å². The molecule has 2 heterocycles. The number of hydrogen-bond donors (Lipinski definition) is 0. The number of para-hydroxylation sites is 1. The van der Waals surface area contributed by atoms with E-state index in [0.29, 0.717) is 42.7 Å². The lowest BCUT2D eigenvalue weighted by Gasteiger charge is -2.36. The number of rotatable bonds is 5. The summed E-state index contributed by atoms with van der Waals surface area (Å²) < 4.78 is 10.7. The third kappa shape index (κ3) is 4.08. The number of piperazine rings is 1. The molecule has 29 heavy (non-hydrogen) atoms. The smallest absolute Gasteiger partial charge is 0.257 e. The summed E-state index contributed by atoms with van der Waals surface area (Å²) in [6.45, 7) is 7.14. The van der Waals surface area contributed by atoms with Gasteiger partial charge >= 0.3 is 0 Å². The number of benzene rings is 2. The van der Waals surface area contributed by atoms with Crippen LogP contribution < -0.4 is 9.64 Å². The van der Waals surface area contributed by atoms with Gasteiger partial charge in [-0.3, -0.25) is 4.79 Å². The summed E-state index contributed by atoms with van der Waals surface area (Å²) >= 11 is 0. The fourth-order valence-electron chi connectivity index (χ4n) is 3.50. The fraction of sp³-hybridized carbons (Fsp3) is 0.318. The topological polar surface area (TPSA) is 71.7 Å². The van der Waals surface area contributed by atoms with Crippen molar-refractivity contribution in [2.75, 3.05) is 37.7 Å². The van der Waals surface area contributed by atoms with Gasteiger partial charge in [-0.1, -0.05) is 17.3 Å². The molecule has 7 nitrogen and oxygen atoms in total. The van der Waals surface area contributed by atoms with Crippen molar-refractivity contribution in [2.45, 2.75) is 13.8 Å². The number of anilines is 1. The van der Waals surface area contributed by atoms with Crippen LogP contribution in [0.3, 0.4) is 0 Å². The molecule has 0 atom stereocenters. The van der Waals surface area contributed by atoms with Gasteiger partial charge in [0.25, 0.3) is 5.91 Å². The summed E-state index contributed by atoms with van der Waals surface area (Å²) in [7, 11) is 0. The molecule has 1 amide bonds. The van der Waals surface area contributed by atoms with Crippen molar-refractivity contribution in [1.29, 1.82) is 0 Å². The Labute approximate surface area is 169 Å². The first-order valence-corrected chi connectivity index (χ1v) is 9.82. The van der Waals surface area contributed by atoms with E-state index in [1.165, 1.54) is 0 Å². The van der Waals surface area contributed by atoms with Crippen molar-refractivity contribution in [3.05, 3.63) is 60.0 Å². The third-order valence-electron chi connectivity index (χ3n) is 5.00. The van der Waals surface area contributed by atoms with Gasteiger partial charge in [0.1, 0.15) is 5.75 Å². The molecule has 4 rings (SSSR count). The normalized spacial score (nSPS) is 14.1. The number of ether oxygens (including phenoxy) is 1. The highest BCUT2D eigenvalue weighted by Crippen LogP contribution is 2.24. The fourth-order valence-corrected chi connectivity index (χ4v) is 3.50. The maximum absolute atomic E-state index is 12.9. The summed E-state index contributed by atoms with van der Waals surface area (Å²) in [5.74, 6) is 1.82. The van der Waals surface area contributed by atoms with E-state index < -0.39 is 0 Å². The largest absolute Gasteiger partial charge is 0.493 e. The summed E-state index contributed by atoms with van der Waals surface area (Å²) in [5.41, 5.74) is 2.67. The zero-order valence-corrected chi connectivity index (χ0v) is 16.7. The Morgan fingerprint density at radius 1 is 1.07 bits per heavy atom. The van der Waals surface area contributed by atoms with Crippen LogP contribution in [0.4, 0.5) is 5.69 Å². The van der Waals surface area contributed by atoms with Crippen LogP contribution in [-0.4, -0.2) is 53.7 Å². The third-order valence-corrected chi connectivity index (χ3v) is 5.00. The molecular weight excluding hydrogens is 368 g/mol. The molecule has 0 radical (unpaired) electrons. The van der Waals surface area contributed by atoms with E-state index >= 15 is 0 Å². The van der Waals surface area contributed by atoms with Gasteiger partial charge in [0.05, 0.1) is 12.2 Å². The molecule has 3 aromatic rings. The molecule has 0 unspecified atom stereocenters. The lowest BCUT2D eigenvalue weighted by atomic mass is 10.1. The summed E-state index contributed by atoms with van der Waals surface area (Å²) in [6.07, 6.45) is 0. The van der Waals surface area contributed by atoms with Crippen molar-refractivity contribution in [3.8, 4) is 17.1 Å². The van der Waals surface area contributed by atoms with E-state index in [2.05, 4.69) is 27.2 Å². The van der Waals surface area contributed by atoms with Crippen molar-refractivity contribution in [2.24, 2.45) is 0 Å².